The molecule has 1 aliphatic heterocycles. The van der Waals surface area contributed by atoms with Gasteiger partial charge in [-0.25, -0.2) is 4.79 Å². The Morgan fingerprint density at radius 3 is 2.59 bits per heavy atom. The molecule has 4 atom stereocenters. The van der Waals surface area contributed by atoms with E-state index in [1.807, 2.05) is 13.8 Å². The molecule has 32 heavy (non-hydrogen) atoms. The summed E-state index contributed by atoms with van der Waals surface area (Å²) in [5, 5.41) is 7.57. The van der Waals surface area contributed by atoms with Crippen molar-refractivity contribution in [2.45, 2.75) is 70.4 Å². The maximum atomic E-state index is 12.6. The van der Waals surface area contributed by atoms with Crippen LogP contribution in [0.1, 0.15) is 51.3 Å². The molecule has 0 radical (unpaired) electrons. The summed E-state index contributed by atoms with van der Waals surface area (Å²) in [5.74, 6) is 0. The zero-order valence-corrected chi connectivity index (χ0v) is 18.6. The molecule has 1 aromatic heterocycles. The number of aromatic amines is 1. The van der Waals surface area contributed by atoms with Gasteiger partial charge in [0.15, 0.2) is 0 Å². The third kappa shape index (κ3) is 5.90. The predicted molar refractivity (Wildman–Crippen MR) is 116 cm³/mol. The smallest absolute Gasteiger partial charge is 0.330 e. The molecule has 13 nitrogen and oxygen atoms in total. The van der Waals surface area contributed by atoms with Crippen molar-refractivity contribution in [3.63, 3.8) is 0 Å². The second-order valence-corrected chi connectivity index (χ2v) is 7.69. The molecule has 0 bridgehead atoms. The minimum absolute atomic E-state index is 0.00778. The third-order valence-electron chi connectivity index (χ3n) is 5.27. The minimum Gasteiger partial charge on any atom is -0.378 e. The van der Waals surface area contributed by atoms with Gasteiger partial charge < -0.3 is 14.2 Å². The first-order valence-corrected chi connectivity index (χ1v) is 10.7. The van der Waals surface area contributed by atoms with E-state index in [1.165, 1.54) is 6.20 Å². The summed E-state index contributed by atoms with van der Waals surface area (Å²) in [6.45, 7) is 6.23. The van der Waals surface area contributed by atoms with Crippen molar-refractivity contribution in [1.82, 2.24) is 9.55 Å². The van der Waals surface area contributed by atoms with Crippen LogP contribution in [-0.2, 0) is 14.2 Å². The molecule has 0 spiro atoms. The molecule has 0 amide bonds. The van der Waals surface area contributed by atoms with E-state index in [-0.39, 0.29) is 18.7 Å². The maximum absolute atomic E-state index is 12.6. The Labute approximate surface area is 184 Å². The van der Waals surface area contributed by atoms with Gasteiger partial charge in [-0.15, -0.1) is 0 Å². The number of azide groups is 2. The first-order chi connectivity index (χ1) is 15.4. The van der Waals surface area contributed by atoms with Crippen molar-refractivity contribution in [3.8, 4) is 0 Å². The normalized spacial score (nSPS) is 24.7. The number of nitrogens with one attached hydrogen (secondary N) is 1. The fraction of sp³-hybridized carbons (Fsp3) is 0.789. The molecule has 0 aliphatic carbocycles. The van der Waals surface area contributed by atoms with E-state index in [0.29, 0.717) is 13.2 Å². The van der Waals surface area contributed by atoms with Crippen LogP contribution in [0.5, 0.6) is 0 Å². The molecule has 2 heterocycles. The number of unbranched alkanes of at least 4 members (excludes halogenated alkanes) is 2. The molecular formula is C19H30N8O5. The van der Waals surface area contributed by atoms with Crippen LogP contribution < -0.4 is 11.2 Å². The van der Waals surface area contributed by atoms with Crippen LogP contribution in [-0.4, -0.2) is 53.7 Å². The SMILES string of the molecule is CCCCOC[C@@]1(CN=[N+]=[N-])O[C@@H](n2cc(C)c(=O)[nH]c2=O)[C@@H](N=[N+]=[N-])C1OCCCC. The van der Waals surface area contributed by atoms with Gasteiger partial charge in [-0.2, -0.15) is 0 Å². The van der Waals surface area contributed by atoms with Gasteiger partial charge in [0, 0.05) is 34.8 Å². The van der Waals surface area contributed by atoms with E-state index >= 15 is 0 Å². The molecule has 0 aromatic carbocycles. The van der Waals surface area contributed by atoms with Crippen molar-refractivity contribution in [1.29, 1.82) is 0 Å². The summed E-state index contributed by atoms with van der Waals surface area (Å²) in [6, 6.07) is -0.969. The second-order valence-electron chi connectivity index (χ2n) is 7.69. The van der Waals surface area contributed by atoms with Crippen LogP contribution >= 0.6 is 0 Å². The van der Waals surface area contributed by atoms with Crippen LogP contribution in [0.15, 0.2) is 26.0 Å². The molecular weight excluding hydrogens is 420 g/mol. The number of rotatable bonds is 13. The number of hydrogen-bond acceptors (Lipinski definition) is 7. The van der Waals surface area contributed by atoms with Gasteiger partial charge in [0.1, 0.15) is 24.0 Å². The summed E-state index contributed by atoms with van der Waals surface area (Å²) >= 11 is 0. The van der Waals surface area contributed by atoms with Crippen LogP contribution in [0.3, 0.4) is 0 Å². The highest BCUT2D eigenvalue weighted by molar-refractivity contribution is 5.09. The highest BCUT2D eigenvalue weighted by atomic mass is 16.6. The molecule has 2 rings (SSSR count). The lowest BCUT2D eigenvalue weighted by atomic mass is 9.94. The Morgan fingerprint density at radius 2 is 1.94 bits per heavy atom. The zero-order chi connectivity index (χ0) is 23.6. The molecule has 1 aliphatic rings. The van der Waals surface area contributed by atoms with E-state index in [1.54, 1.807) is 6.92 Å². The van der Waals surface area contributed by atoms with Crippen molar-refractivity contribution >= 4 is 0 Å². The quantitative estimate of drug-likeness (QED) is 0.209. The van der Waals surface area contributed by atoms with Crippen molar-refractivity contribution in [2.24, 2.45) is 10.2 Å². The summed E-state index contributed by atoms with van der Waals surface area (Å²) in [7, 11) is 0. The molecule has 1 saturated heterocycles. The lowest BCUT2D eigenvalue weighted by Crippen LogP contribution is -2.50. The van der Waals surface area contributed by atoms with E-state index in [4.69, 9.17) is 19.7 Å². The summed E-state index contributed by atoms with van der Waals surface area (Å²) in [4.78, 5) is 32.4. The van der Waals surface area contributed by atoms with Gasteiger partial charge in [0.05, 0.1) is 13.2 Å². The largest absolute Gasteiger partial charge is 0.378 e. The Balaban J connectivity index is 2.56. The van der Waals surface area contributed by atoms with Gasteiger partial charge in [0.2, 0.25) is 0 Å². The first-order valence-electron chi connectivity index (χ1n) is 10.7. The summed E-state index contributed by atoms with van der Waals surface area (Å²) in [6.07, 6.45) is 2.77. The van der Waals surface area contributed by atoms with Crippen molar-refractivity contribution < 1.29 is 14.2 Å². The van der Waals surface area contributed by atoms with Gasteiger partial charge in [-0.05, 0) is 30.8 Å². The van der Waals surface area contributed by atoms with E-state index in [9.17, 15) is 15.1 Å². The average molecular weight is 451 g/mol. The minimum atomic E-state index is -1.29. The monoisotopic (exact) mass is 450 g/mol. The molecule has 1 unspecified atom stereocenters. The molecule has 1 fully saturated rings. The molecule has 176 valence electrons. The fourth-order valence-corrected chi connectivity index (χ4v) is 3.55. The Morgan fingerprint density at radius 1 is 1.22 bits per heavy atom. The lowest BCUT2D eigenvalue weighted by molar-refractivity contribution is -0.147. The topological polar surface area (TPSA) is 180 Å². The van der Waals surface area contributed by atoms with Crippen molar-refractivity contribution in [3.05, 3.63) is 53.5 Å². The average Bonchev–Trinajstić information content (AvgIpc) is 3.06. The van der Waals surface area contributed by atoms with Crippen LogP contribution in [0.25, 0.3) is 20.9 Å². The van der Waals surface area contributed by atoms with Gasteiger partial charge >= 0.3 is 5.69 Å². The standard InChI is InChI=1S/C19H30N8O5/c1-4-6-8-30-12-19(11-22-25-20)15(31-9-7-5-2)14(24-26-21)17(32-19)27-10-13(3)16(28)23-18(27)29/h10,14-15,17H,4-9,11-12H2,1-3H3,(H,23,28,29)/t14-,15?,17+,19+/m0/s1. The number of ether oxygens (including phenoxy) is 3. The first kappa shape index (κ1) is 25.4. The Kier molecular flexibility index (Phi) is 9.76. The fourth-order valence-electron chi connectivity index (χ4n) is 3.55. The maximum Gasteiger partial charge on any atom is 0.330 e. The Hall–Kier alpha value is -2.82. The van der Waals surface area contributed by atoms with Gasteiger partial charge in [-0.1, -0.05) is 36.9 Å². The molecule has 1 N–H and O–H groups in total. The number of nitrogens with zero attached hydrogens (tertiary/aromatic N) is 7. The molecule has 0 saturated carbocycles. The Bertz CT molecular complexity index is 965. The second kappa shape index (κ2) is 12.3. The zero-order valence-electron chi connectivity index (χ0n) is 18.6. The van der Waals surface area contributed by atoms with E-state index in [0.717, 1.165) is 30.3 Å². The van der Waals surface area contributed by atoms with Gasteiger partial charge in [-0.3, -0.25) is 14.3 Å². The van der Waals surface area contributed by atoms with Crippen molar-refractivity contribution in [2.75, 3.05) is 26.4 Å². The highest BCUT2D eigenvalue weighted by Gasteiger charge is 2.56. The number of aryl methyl sites for hydroxylation is 1. The summed E-state index contributed by atoms with van der Waals surface area (Å²) in [5.41, 5.74) is 15.9. The lowest BCUT2D eigenvalue weighted by Gasteiger charge is -2.33. The summed E-state index contributed by atoms with van der Waals surface area (Å²) < 4.78 is 19.3. The molecule has 13 heteroatoms. The number of aromatic nitrogens is 2. The van der Waals surface area contributed by atoms with Crippen LogP contribution in [0.4, 0.5) is 0 Å². The predicted octanol–water partition coefficient (Wildman–Crippen LogP) is 3.10. The van der Waals surface area contributed by atoms with E-state index < -0.39 is 35.2 Å². The number of H-pyrrole nitrogens is 1. The van der Waals surface area contributed by atoms with Gasteiger partial charge in [0.25, 0.3) is 5.56 Å². The van der Waals surface area contributed by atoms with Crippen LogP contribution in [0.2, 0.25) is 0 Å². The number of hydrogen-bond donors (Lipinski definition) is 1. The van der Waals surface area contributed by atoms with E-state index in [2.05, 4.69) is 25.0 Å². The highest BCUT2D eigenvalue weighted by Crippen LogP contribution is 2.41. The molecule has 1 aromatic rings. The third-order valence-corrected chi connectivity index (χ3v) is 5.27. The van der Waals surface area contributed by atoms with Crippen LogP contribution in [0, 0.1) is 6.92 Å².